The van der Waals surface area contributed by atoms with Gasteiger partial charge in [-0.1, -0.05) is 12.1 Å². The van der Waals surface area contributed by atoms with Crippen LogP contribution in [0.5, 0.6) is 11.5 Å². The Kier molecular flexibility index (Phi) is 8.00. The molecule has 6 nitrogen and oxygen atoms in total. The highest BCUT2D eigenvalue weighted by molar-refractivity contribution is 8.00. The maximum Gasteiger partial charge on any atom is 0.234 e. The molecule has 7 heteroatoms. The van der Waals surface area contributed by atoms with Crippen LogP contribution in [0.3, 0.4) is 0 Å². The van der Waals surface area contributed by atoms with E-state index in [9.17, 15) is 9.59 Å². The van der Waals surface area contributed by atoms with Gasteiger partial charge in [-0.25, -0.2) is 0 Å². The summed E-state index contributed by atoms with van der Waals surface area (Å²) in [5.41, 5.74) is 2.45. The van der Waals surface area contributed by atoms with Gasteiger partial charge in [0.15, 0.2) is 11.5 Å². The number of anilines is 2. The third-order valence-corrected chi connectivity index (χ3v) is 4.45. The lowest BCUT2D eigenvalue weighted by Crippen LogP contribution is -2.18. The number of aryl methyl sites for hydroxylation is 1. The normalized spacial score (nSPS) is 10.2. The minimum Gasteiger partial charge on any atom is -0.493 e. The average Bonchev–Trinajstić information content (AvgIpc) is 2.63. The van der Waals surface area contributed by atoms with Gasteiger partial charge >= 0.3 is 0 Å². The summed E-state index contributed by atoms with van der Waals surface area (Å²) in [6, 6.07) is 12.8. The van der Waals surface area contributed by atoms with E-state index < -0.39 is 0 Å². The van der Waals surface area contributed by atoms with E-state index in [0.717, 1.165) is 11.3 Å². The quantitative estimate of drug-likeness (QED) is 0.685. The van der Waals surface area contributed by atoms with Crippen molar-refractivity contribution in [2.75, 3.05) is 35.9 Å². The fraction of sp³-hybridized carbons (Fsp3) is 0.300. The predicted octanol–water partition coefficient (Wildman–Crippen LogP) is 3.71. The van der Waals surface area contributed by atoms with E-state index in [1.54, 1.807) is 25.3 Å². The number of carbonyl (C=O) groups is 2. The molecule has 0 aliphatic heterocycles. The van der Waals surface area contributed by atoms with Gasteiger partial charge in [0.05, 0.1) is 25.2 Å². The number of hydrogen-bond donors (Lipinski definition) is 2. The SMILES string of the molecule is CCOc1ccc(NC(=O)CSCC(=O)Nc2cccc(C)c2)cc1OC. The van der Waals surface area contributed by atoms with Crippen LogP contribution in [-0.4, -0.2) is 37.0 Å². The number of thioether (sulfide) groups is 1. The van der Waals surface area contributed by atoms with Gasteiger partial charge < -0.3 is 20.1 Å². The molecule has 2 amide bonds. The van der Waals surface area contributed by atoms with Crippen molar-refractivity contribution in [1.29, 1.82) is 0 Å². The Labute approximate surface area is 163 Å². The van der Waals surface area contributed by atoms with Crippen LogP contribution in [0.2, 0.25) is 0 Å². The fourth-order valence-electron chi connectivity index (χ4n) is 2.37. The monoisotopic (exact) mass is 388 g/mol. The van der Waals surface area contributed by atoms with E-state index in [0.29, 0.717) is 23.8 Å². The second-order valence-corrected chi connectivity index (χ2v) is 6.74. The van der Waals surface area contributed by atoms with Gasteiger partial charge in [-0.2, -0.15) is 0 Å². The second-order valence-electron chi connectivity index (χ2n) is 5.76. The first-order chi connectivity index (χ1) is 13.0. The molecule has 27 heavy (non-hydrogen) atoms. The number of carbonyl (C=O) groups excluding carboxylic acids is 2. The molecule has 0 aliphatic rings. The maximum atomic E-state index is 12.1. The first kappa shape index (κ1) is 20.6. The molecule has 144 valence electrons. The Morgan fingerprint density at radius 1 is 0.963 bits per heavy atom. The van der Waals surface area contributed by atoms with Gasteiger partial charge in [-0.15, -0.1) is 11.8 Å². The lowest BCUT2D eigenvalue weighted by molar-refractivity contribution is -0.114. The highest BCUT2D eigenvalue weighted by Crippen LogP contribution is 2.30. The van der Waals surface area contributed by atoms with Crippen LogP contribution in [0.15, 0.2) is 42.5 Å². The number of amides is 2. The minimum absolute atomic E-state index is 0.138. The summed E-state index contributed by atoms with van der Waals surface area (Å²) in [5, 5.41) is 5.61. The van der Waals surface area contributed by atoms with Crippen LogP contribution in [-0.2, 0) is 9.59 Å². The summed E-state index contributed by atoms with van der Waals surface area (Å²) in [5.74, 6) is 1.24. The highest BCUT2D eigenvalue weighted by atomic mass is 32.2. The third-order valence-electron chi connectivity index (χ3n) is 3.52. The van der Waals surface area contributed by atoms with Gasteiger partial charge in [0.2, 0.25) is 11.8 Å². The molecule has 0 fully saturated rings. The van der Waals surface area contributed by atoms with Crippen molar-refractivity contribution in [2.45, 2.75) is 13.8 Å². The van der Waals surface area contributed by atoms with E-state index in [1.807, 2.05) is 38.1 Å². The molecular formula is C20H24N2O4S. The van der Waals surface area contributed by atoms with Crippen molar-refractivity contribution in [3.05, 3.63) is 48.0 Å². The van der Waals surface area contributed by atoms with E-state index in [1.165, 1.54) is 11.8 Å². The minimum atomic E-state index is -0.186. The van der Waals surface area contributed by atoms with Crippen LogP contribution in [0.25, 0.3) is 0 Å². The topological polar surface area (TPSA) is 76.7 Å². The molecular weight excluding hydrogens is 364 g/mol. The summed E-state index contributed by atoms with van der Waals surface area (Å²) < 4.78 is 10.7. The van der Waals surface area contributed by atoms with Gasteiger partial charge in [-0.05, 0) is 43.7 Å². The van der Waals surface area contributed by atoms with Crippen molar-refractivity contribution in [3.63, 3.8) is 0 Å². The van der Waals surface area contributed by atoms with Crippen LogP contribution >= 0.6 is 11.8 Å². The Bertz CT molecular complexity index is 795. The van der Waals surface area contributed by atoms with E-state index in [2.05, 4.69) is 10.6 Å². The summed E-state index contributed by atoms with van der Waals surface area (Å²) in [7, 11) is 1.55. The zero-order valence-electron chi connectivity index (χ0n) is 15.7. The molecule has 2 aromatic rings. The zero-order valence-corrected chi connectivity index (χ0v) is 16.5. The smallest absolute Gasteiger partial charge is 0.234 e. The summed E-state index contributed by atoms with van der Waals surface area (Å²) >= 11 is 1.25. The van der Waals surface area contributed by atoms with Crippen molar-refractivity contribution < 1.29 is 19.1 Å². The van der Waals surface area contributed by atoms with E-state index >= 15 is 0 Å². The van der Waals surface area contributed by atoms with Crippen LogP contribution in [0.1, 0.15) is 12.5 Å². The predicted molar refractivity (Wildman–Crippen MR) is 110 cm³/mol. The molecule has 2 rings (SSSR count). The largest absolute Gasteiger partial charge is 0.493 e. The molecule has 0 saturated carbocycles. The maximum absolute atomic E-state index is 12.1. The number of rotatable bonds is 9. The average molecular weight is 388 g/mol. The molecule has 0 radical (unpaired) electrons. The van der Waals surface area contributed by atoms with Crippen LogP contribution in [0, 0.1) is 6.92 Å². The van der Waals surface area contributed by atoms with E-state index in [4.69, 9.17) is 9.47 Å². The Hall–Kier alpha value is -2.67. The highest BCUT2D eigenvalue weighted by Gasteiger charge is 2.09. The Morgan fingerprint density at radius 2 is 1.63 bits per heavy atom. The molecule has 2 N–H and O–H groups in total. The Balaban J connectivity index is 1.78. The molecule has 0 saturated heterocycles. The van der Waals surface area contributed by atoms with Crippen molar-refractivity contribution >= 4 is 35.0 Å². The van der Waals surface area contributed by atoms with Crippen molar-refractivity contribution in [1.82, 2.24) is 0 Å². The van der Waals surface area contributed by atoms with Gasteiger partial charge in [-0.3, -0.25) is 9.59 Å². The number of nitrogens with one attached hydrogen (secondary N) is 2. The molecule has 0 aliphatic carbocycles. The van der Waals surface area contributed by atoms with E-state index in [-0.39, 0.29) is 23.3 Å². The second kappa shape index (κ2) is 10.5. The summed E-state index contributed by atoms with van der Waals surface area (Å²) in [6.45, 7) is 4.38. The van der Waals surface area contributed by atoms with Gasteiger partial charge in [0, 0.05) is 17.4 Å². The van der Waals surface area contributed by atoms with Crippen molar-refractivity contribution in [2.24, 2.45) is 0 Å². The Morgan fingerprint density at radius 3 is 2.22 bits per heavy atom. The fourth-order valence-corrected chi connectivity index (χ4v) is 2.99. The lowest BCUT2D eigenvalue weighted by atomic mass is 10.2. The molecule has 0 unspecified atom stereocenters. The zero-order chi connectivity index (χ0) is 19.6. The van der Waals surface area contributed by atoms with Crippen LogP contribution in [0.4, 0.5) is 11.4 Å². The third kappa shape index (κ3) is 6.86. The van der Waals surface area contributed by atoms with Gasteiger partial charge in [0.1, 0.15) is 0 Å². The molecule has 0 aromatic heterocycles. The first-order valence-corrected chi connectivity index (χ1v) is 9.72. The number of benzene rings is 2. The van der Waals surface area contributed by atoms with Crippen LogP contribution < -0.4 is 20.1 Å². The molecule has 2 aromatic carbocycles. The standard InChI is InChI=1S/C20H24N2O4S/c1-4-26-17-9-8-16(11-18(17)25-3)22-20(24)13-27-12-19(23)21-15-7-5-6-14(2)10-15/h5-11H,4,12-13H2,1-3H3,(H,21,23)(H,22,24). The number of methoxy groups -OCH3 is 1. The molecule has 0 bridgehead atoms. The summed E-state index contributed by atoms with van der Waals surface area (Å²) in [6.07, 6.45) is 0. The number of ether oxygens (including phenoxy) is 2. The molecule has 0 atom stereocenters. The summed E-state index contributed by atoms with van der Waals surface area (Å²) in [4.78, 5) is 24.0. The van der Waals surface area contributed by atoms with Crippen molar-refractivity contribution in [3.8, 4) is 11.5 Å². The lowest BCUT2D eigenvalue weighted by Gasteiger charge is -2.11. The molecule has 0 heterocycles. The first-order valence-electron chi connectivity index (χ1n) is 8.56. The number of hydrogen-bond acceptors (Lipinski definition) is 5. The molecule has 0 spiro atoms. The van der Waals surface area contributed by atoms with Gasteiger partial charge in [0.25, 0.3) is 0 Å².